The molecule has 0 bridgehead atoms. The molecule has 0 atom stereocenters. The molecule has 1 aromatic rings. The number of carboxylic acids is 1. The van der Waals surface area contributed by atoms with E-state index in [-0.39, 0.29) is 17.8 Å². The summed E-state index contributed by atoms with van der Waals surface area (Å²) >= 11 is 0. The molecule has 2 heterocycles. The highest BCUT2D eigenvalue weighted by Gasteiger charge is 2.23. The molecular weight excluding hydrogens is 322 g/mol. The van der Waals surface area contributed by atoms with Gasteiger partial charge in [-0.3, -0.25) is 0 Å². The van der Waals surface area contributed by atoms with Crippen LogP contribution in [-0.2, 0) is 0 Å². The Morgan fingerprint density at radius 3 is 2.16 bits per heavy atom. The number of urea groups is 1. The summed E-state index contributed by atoms with van der Waals surface area (Å²) in [5.74, 6) is -0.402. The van der Waals surface area contributed by atoms with Gasteiger partial charge in [-0.1, -0.05) is 19.3 Å². The molecule has 25 heavy (non-hydrogen) atoms. The first-order chi connectivity index (χ1) is 12.1. The lowest BCUT2D eigenvalue weighted by molar-refractivity contribution is 0.0690. The third kappa shape index (κ3) is 4.80. The van der Waals surface area contributed by atoms with Gasteiger partial charge in [0, 0.05) is 25.2 Å². The van der Waals surface area contributed by atoms with Gasteiger partial charge in [0.15, 0.2) is 5.69 Å². The smallest absolute Gasteiger partial charge is 0.356 e. The lowest BCUT2D eigenvalue weighted by Gasteiger charge is -2.33. The Hall–Kier alpha value is -2.38. The Labute approximate surface area is 147 Å². The maximum Gasteiger partial charge on any atom is 0.356 e. The van der Waals surface area contributed by atoms with E-state index in [9.17, 15) is 9.59 Å². The maximum atomic E-state index is 12.1. The van der Waals surface area contributed by atoms with Crippen molar-refractivity contribution in [2.75, 3.05) is 18.0 Å². The van der Waals surface area contributed by atoms with Crippen molar-refractivity contribution in [1.82, 2.24) is 20.6 Å². The third-order valence-corrected chi connectivity index (χ3v) is 4.95. The van der Waals surface area contributed by atoms with Crippen LogP contribution in [0.2, 0.25) is 0 Å². The van der Waals surface area contributed by atoms with Crippen molar-refractivity contribution in [3.63, 3.8) is 0 Å². The van der Waals surface area contributed by atoms with E-state index >= 15 is 0 Å². The van der Waals surface area contributed by atoms with Crippen LogP contribution < -0.4 is 15.5 Å². The predicted octanol–water partition coefficient (Wildman–Crippen LogP) is 1.78. The Bertz CT molecular complexity index is 593. The minimum Gasteiger partial charge on any atom is -0.476 e. The van der Waals surface area contributed by atoms with Crippen LogP contribution in [0, 0.1) is 0 Å². The Kier molecular flexibility index (Phi) is 5.67. The molecular formula is C17H25N5O3. The highest BCUT2D eigenvalue weighted by atomic mass is 16.4. The third-order valence-electron chi connectivity index (χ3n) is 4.95. The summed E-state index contributed by atoms with van der Waals surface area (Å²) in [5.41, 5.74) is -0.0558. The lowest BCUT2D eigenvalue weighted by Crippen LogP contribution is -2.50. The lowest BCUT2D eigenvalue weighted by atomic mass is 9.96. The predicted molar refractivity (Wildman–Crippen MR) is 92.8 cm³/mol. The van der Waals surface area contributed by atoms with Crippen LogP contribution in [-0.4, -0.2) is 52.2 Å². The molecule has 3 rings (SSSR count). The molecule has 1 aliphatic carbocycles. The first-order valence-electron chi connectivity index (χ1n) is 8.99. The second-order valence-electron chi connectivity index (χ2n) is 6.78. The van der Waals surface area contributed by atoms with Gasteiger partial charge in [0.2, 0.25) is 0 Å². The van der Waals surface area contributed by atoms with E-state index in [1.165, 1.54) is 31.7 Å². The average Bonchev–Trinajstić information content (AvgIpc) is 2.63. The van der Waals surface area contributed by atoms with Crippen molar-refractivity contribution < 1.29 is 14.7 Å². The minimum absolute atomic E-state index is 0.0558. The van der Waals surface area contributed by atoms with Gasteiger partial charge in [0.25, 0.3) is 0 Å². The largest absolute Gasteiger partial charge is 0.476 e. The molecule has 0 radical (unpaired) electrons. The standard InChI is InChI=1S/C17H25N5O3/c23-16(24)14-10-19-15(11-18-14)22-8-6-13(7-9-22)21-17(25)20-12-4-2-1-3-5-12/h10-13H,1-9H2,(H,23,24)(H2,20,21,25). The zero-order valence-corrected chi connectivity index (χ0v) is 14.3. The maximum absolute atomic E-state index is 12.1. The van der Waals surface area contributed by atoms with Crippen molar-refractivity contribution in [1.29, 1.82) is 0 Å². The summed E-state index contributed by atoms with van der Waals surface area (Å²) in [6, 6.07) is 0.416. The van der Waals surface area contributed by atoms with Gasteiger partial charge in [-0.05, 0) is 25.7 Å². The number of carboxylic acid groups (broad SMARTS) is 1. The Balaban J connectivity index is 1.43. The normalized spacial score (nSPS) is 19.4. The topological polar surface area (TPSA) is 107 Å². The van der Waals surface area contributed by atoms with E-state index in [1.54, 1.807) is 0 Å². The number of nitrogens with one attached hydrogen (secondary N) is 2. The van der Waals surface area contributed by atoms with Crippen molar-refractivity contribution in [3.05, 3.63) is 18.1 Å². The van der Waals surface area contributed by atoms with Crippen LogP contribution in [0.25, 0.3) is 0 Å². The van der Waals surface area contributed by atoms with E-state index in [1.807, 2.05) is 0 Å². The monoisotopic (exact) mass is 347 g/mol. The highest BCUT2D eigenvalue weighted by Crippen LogP contribution is 2.19. The summed E-state index contributed by atoms with van der Waals surface area (Å²) < 4.78 is 0. The van der Waals surface area contributed by atoms with Crippen molar-refractivity contribution in [3.8, 4) is 0 Å². The first kappa shape index (κ1) is 17.4. The van der Waals surface area contributed by atoms with Crippen molar-refractivity contribution in [2.45, 2.75) is 57.0 Å². The molecule has 1 saturated heterocycles. The van der Waals surface area contributed by atoms with Crippen LogP contribution >= 0.6 is 0 Å². The van der Waals surface area contributed by atoms with E-state index in [2.05, 4.69) is 25.5 Å². The summed E-state index contributed by atoms with van der Waals surface area (Å²) in [4.78, 5) is 33.1. The summed E-state index contributed by atoms with van der Waals surface area (Å²) in [6.07, 6.45) is 10.3. The van der Waals surface area contributed by atoms with Crippen LogP contribution in [0.1, 0.15) is 55.4 Å². The number of amides is 2. The number of hydrogen-bond acceptors (Lipinski definition) is 5. The molecule has 2 amide bonds. The number of carbonyl (C=O) groups is 2. The second-order valence-corrected chi connectivity index (χ2v) is 6.78. The minimum atomic E-state index is -1.08. The van der Waals surface area contributed by atoms with Gasteiger partial charge < -0.3 is 20.6 Å². The van der Waals surface area contributed by atoms with Gasteiger partial charge in [-0.2, -0.15) is 0 Å². The zero-order valence-electron chi connectivity index (χ0n) is 14.3. The molecule has 8 nitrogen and oxygen atoms in total. The molecule has 2 fully saturated rings. The number of piperidine rings is 1. The van der Waals surface area contributed by atoms with E-state index < -0.39 is 5.97 Å². The van der Waals surface area contributed by atoms with Gasteiger partial charge in [0.1, 0.15) is 5.82 Å². The summed E-state index contributed by atoms with van der Waals surface area (Å²) in [7, 11) is 0. The summed E-state index contributed by atoms with van der Waals surface area (Å²) in [6.45, 7) is 1.52. The molecule has 1 saturated carbocycles. The van der Waals surface area contributed by atoms with E-state index in [4.69, 9.17) is 5.11 Å². The molecule has 0 spiro atoms. The second kappa shape index (κ2) is 8.13. The quantitative estimate of drug-likeness (QED) is 0.766. The van der Waals surface area contributed by atoms with Crippen LogP contribution in [0.5, 0.6) is 0 Å². The van der Waals surface area contributed by atoms with Gasteiger partial charge in [0.05, 0.1) is 12.4 Å². The van der Waals surface area contributed by atoms with Crippen molar-refractivity contribution >= 4 is 17.8 Å². The van der Waals surface area contributed by atoms with E-state index in [0.717, 1.165) is 38.8 Å². The fourth-order valence-corrected chi connectivity index (χ4v) is 3.51. The number of anilines is 1. The van der Waals surface area contributed by atoms with Crippen molar-refractivity contribution in [2.24, 2.45) is 0 Å². The number of rotatable bonds is 4. The zero-order chi connectivity index (χ0) is 17.6. The number of aromatic carboxylic acids is 1. The SMILES string of the molecule is O=C(NC1CCCCC1)NC1CCN(c2cnc(C(=O)O)cn2)CC1. The number of hydrogen-bond donors (Lipinski definition) is 3. The Morgan fingerprint density at radius 1 is 0.960 bits per heavy atom. The molecule has 3 N–H and O–H groups in total. The molecule has 0 unspecified atom stereocenters. The van der Waals surface area contributed by atoms with Crippen LogP contribution in [0.15, 0.2) is 12.4 Å². The van der Waals surface area contributed by atoms with Gasteiger partial charge >= 0.3 is 12.0 Å². The molecule has 8 heteroatoms. The molecule has 1 aliphatic heterocycles. The van der Waals surface area contributed by atoms with Crippen LogP contribution in [0.3, 0.4) is 0 Å². The summed E-state index contributed by atoms with van der Waals surface area (Å²) in [5, 5.41) is 15.0. The number of carbonyl (C=O) groups excluding carboxylic acids is 1. The molecule has 2 aliphatic rings. The fraction of sp³-hybridized carbons (Fsp3) is 0.647. The number of nitrogens with zero attached hydrogens (tertiary/aromatic N) is 3. The average molecular weight is 347 g/mol. The van der Waals surface area contributed by atoms with E-state index in [0.29, 0.717) is 11.9 Å². The Morgan fingerprint density at radius 2 is 1.60 bits per heavy atom. The highest BCUT2D eigenvalue weighted by molar-refractivity contribution is 5.84. The molecule has 136 valence electrons. The fourth-order valence-electron chi connectivity index (χ4n) is 3.51. The number of aromatic nitrogens is 2. The molecule has 1 aromatic heterocycles. The van der Waals surface area contributed by atoms with Gasteiger partial charge in [-0.15, -0.1) is 0 Å². The van der Waals surface area contributed by atoms with Crippen LogP contribution in [0.4, 0.5) is 10.6 Å². The van der Waals surface area contributed by atoms with Gasteiger partial charge in [-0.25, -0.2) is 19.6 Å². The molecule has 0 aromatic carbocycles. The first-order valence-corrected chi connectivity index (χ1v) is 8.99.